The maximum Gasteiger partial charge on any atom is 0.308 e. The zero-order valence-electron chi connectivity index (χ0n) is 15.0. The average Bonchev–Trinajstić information content (AvgIpc) is 2.60. The second-order valence-corrected chi connectivity index (χ2v) is 6.18. The first kappa shape index (κ1) is 19.2. The number of anilines is 2. The van der Waals surface area contributed by atoms with Crippen LogP contribution in [0.25, 0.3) is 0 Å². The van der Waals surface area contributed by atoms with E-state index in [9.17, 15) is 14.4 Å². The molecule has 0 unspecified atom stereocenters. The zero-order chi connectivity index (χ0) is 19.1. The summed E-state index contributed by atoms with van der Waals surface area (Å²) in [5.41, 5.74) is 2.36. The van der Waals surface area contributed by atoms with E-state index in [1.165, 1.54) is 0 Å². The summed E-state index contributed by atoms with van der Waals surface area (Å²) in [7, 11) is 0. The minimum absolute atomic E-state index is 0.310. The zero-order valence-corrected chi connectivity index (χ0v) is 15.0. The Morgan fingerprint density at radius 3 is 2.42 bits per heavy atom. The normalized spacial score (nSPS) is 10.3. The molecule has 6 heteroatoms. The number of rotatable bonds is 6. The number of carbonyl (C=O) groups is 3. The van der Waals surface area contributed by atoms with Crippen LogP contribution in [0.1, 0.15) is 29.8 Å². The number of hydrogen-bond donors (Lipinski definition) is 2. The Bertz CT molecular complexity index is 815. The quantitative estimate of drug-likeness (QED) is 0.779. The molecule has 0 fully saturated rings. The van der Waals surface area contributed by atoms with Crippen molar-refractivity contribution < 1.29 is 19.1 Å². The summed E-state index contributed by atoms with van der Waals surface area (Å²) in [6.07, 6.45) is 0. The number of hydrogen-bond acceptors (Lipinski definition) is 4. The van der Waals surface area contributed by atoms with E-state index < -0.39 is 18.5 Å². The van der Waals surface area contributed by atoms with Crippen LogP contribution in [0.15, 0.2) is 48.5 Å². The number of ether oxygens (including phenoxy) is 1. The van der Waals surface area contributed by atoms with E-state index in [2.05, 4.69) is 10.6 Å². The minimum atomic E-state index is -0.505. The van der Waals surface area contributed by atoms with Gasteiger partial charge in [-0.15, -0.1) is 0 Å². The smallest absolute Gasteiger partial charge is 0.308 e. The molecule has 2 amide bonds. The first-order valence-corrected chi connectivity index (χ1v) is 8.30. The largest absolute Gasteiger partial charge is 0.455 e. The van der Waals surface area contributed by atoms with E-state index in [0.717, 1.165) is 5.56 Å². The number of amides is 2. The van der Waals surface area contributed by atoms with Crippen molar-refractivity contribution in [2.24, 2.45) is 5.92 Å². The lowest BCUT2D eigenvalue weighted by molar-refractivity contribution is -0.150. The molecule has 0 radical (unpaired) electrons. The van der Waals surface area contributed by atoms with Gasteiger partial charge in [-0.05, 0) is 36.8 Å². The number of benzene rings is 2. The number of nitrogens with one attached hydrogen (secondary N) is 2. The Balaban J connectivity index is 2.06. The predicted molar refractivity (Wildman–Crippen MR) is 100 cm³/mol. The second kappa shape index (κ2) is 8.80. The van der Waals surface area contributed by atoms with Crippen molar-refractivity contribution in [1.82, 2.24) is 0 Å². The molecule has 0 aliphatic carbocycles. The van der Waals surface area contributed by atoms with Gasteiger partial charge in [-0.25, -0.2) is 0 Å². The third-order valence-electron chi connectivity index (χ3n) is 3.54. The summed E-state index contributed by atoms with van der Waals surface area (Å²) < 4.78 is 4.90. The van der Waals surface area contributed by atoms with Crippen molar-refractivity contribution in [3.8, 4) is 0 Å². The Morgan fingerprint density at radius 1 is 1.00 bits per heavy atom. The Labute approximate surface area is 152 Å². The molecule has 0 spiro atoms. The van der Waals surface area contributed by atoms with Gasteiger partial charge in [0, 0.05) is 5.69 Å². The van der Waals surface area contributed by atoms with E-state index in [0.29, 0.717) is 16.9 Å². The molecule has 2 aromatic carbocycles. The SMILES string of the molecule is Cc1cccc(NC(=O)c2ccccc2NC(=O)COC(=O)C(C)C)c1. The third-order valence-corrected chi connectivity index (χ3v) is 3.54. The third kappa shape index (κ3) is 5.44. The lowest BCUT2D eigenvalue weighted by Gasteiger charge is -2.12. The van der Waals surface area contributed by atoms with Crippen molar-refractivity contribution >= 4 is 29.2 Å². The maximum absolute atomic E-state index is 12.5. The lowest BCUT2D eigenvalue weighted by atomic mass is 10.1. The van der Waals surface area contributed by atoms with Gasteiger partial charge in [-0.2, -0.15) is 0 Å². The van der Waals surface area contributed by atoms with Gasteiger partial charge >= 0.3 is 5.97 Å². The van der Waals surface area contributed by atoms with E-state index >= 15 is 0 Å². The van der Waals surface area contributed by atoms with Gasteiger partial charge < -0.3 is 15.4 Å². The summed E-state index contributed by atoms with van der Waals surface area (Å²) in [4.78, 5) is 36.0. The van der Waals surface area contributed by atoms with Crippen molar-refractivity contribution in [3.63, 3.8) is 0 Å². The van der Waals surface area contributed by atoms with Crippen LogP contribution >= 0.6 is 0 Å². The molecule has 0 atom stereocenters. The maximum atomic E-state index is 12.5. The summed E-state index contributed by atoms with van der Waals surface area (Å²) in [6, 6.07) is 14.1. The fourth-order valence-electron chi connectivity index (χ4n) is 2.20. The summed E-state index contributed by atoms with van der Waals surface area (Å²) >= 11 is 0. The van der Waals surface area contributed by atoms with Gasteiger partial charge in [-0.3, -0.25) is 14.4 Å². The molecule has 2 N–H and O–H groups in total. The first-order valence-electron chi connectivity index (χ1n) is 8.30. The van der Waals surface area contributed by atoms with Crippen LogP contribution < -0.4 is 10.6 Å². The topological polar surface area (TPSA) is 84.5 Å². The predicted octanol–water partition coefficient (Wildman–Crippen LogP) is 3.39. The molecule has 26 heavy (non-hydrogen) atoms. The summed E-state index contributed by atoms with van der Waals surface area (Å²) in [6.45, 7) is 4.91. The van der Waals surface area contributed by atoms with Crippen LogP contribution in [0, 0.1) is 12.8 Å². The number of esters is 1. The number of carbonyl (C=O) groups excluding carboxylic acids is 3. The second-order valence-electron chi connectivity index (χ2n) is 6.18. The van der Waals surface area contributed by atoms with Crippen molar-refractivity contribution in [2.45, 2.75) is 20.8 Å². The highest BCUT2D eigenvalue weighted by Gasteiger charge is 2.15. The average molecular weight is 354 g/mol. The standard InChI is InChI=1S/C20H22N2O4/c1-13(2)20(25)26-12-18(23)22-17-10-5-4-9-16(17)19(24)21-15-8-6-7-14(3)11-15/h4-11,13H,12H2,1-3H3,(H,21,24)(H,22,23). The minimum Gasteiger partial charge on any atom is -0.455 e. The molecule has 0 aliphatic heterocycles. The highest BCUT2D eigenvalue weighted by Crippen LogP contribution is 2.18. The Kier molecular flexibility index (Phi) is 6.49. The molecule has 0 saturated heterocycles. The van der Waals surface area contributed by atoms with Gasteiger partial charge in [0.15, 0.2) is 6.61 Å². The van der Waals surface area contributed by atoms with Crippen molar-refractivity contribution in [2.75, 3.05) is 17.2 Å². The van der Waals surface area contributed by atoms with Gasteiger partial charge in [0.05, 0.1) is 17.2 Å². The number of para-hydroxylation sites is 1. The molecule has 0 aliphatic rings. The van der Waals surface area contributed by atoms with E-state index in [1.54, 1.807) is 44.2 Å². The molecular formula is C20H22N2O4. The van der Waals surface area contributed by atoms with Crippen LogP contribution in [0.3, 0.4) is 0 Å². The van der Waals surface area contributed by atoms with Gasteiger partial charge in [0.1, 0.15) is 0 Å². The summed E-state index contributed by atoms with van der Waals surface area (Å²) in [5.74, 6) is -1.61. The highest BCUT2D eigenvalue weighted by atomic mass is 16.5. The van der Waals surface area contributed by atoms with E-state index in [-0.39, 0.29) is 11.8 Å². The Hall–Kier alpha value is -3.15. The van der Waals surface area contributed by atoms with Crippen LogP contribution in [0.5, 0.6) is 0 Å². The molecular weight excluding hydrogens is 332 g/mol. The van der Waals surface area contributed by atoms with Crippen LogP contribution in [-0.4, -0.2) is 24.4 Å². The monoisotopic (exact) mass is 354 g/mol. The van der Waals surface area contributed by atoms with Gasteiger partial charge in [0.25, 0.3) is 11.8 Å². The van der Waals surface area contributed by atoms with Gasteiger partial charge in [0.2, 0.25) is 0 Å². The number of aryl methyl sites for hydroxylation is 1. The van der Waals surface area contributed by atoms with E-state index in [4.69, 9.17) is 4.74 Å². The van der Waals surface area contributed by atoms with Crippen molar-refractivity contribution in [3.05, 3.63) is 59.7 Å². The highest BCUT2D eigenvalue weighted by molar-refractivity contribution is 6.10. The van der Waals surface area contributed by atoms with Gasteiger partial charge in [-0.1, -0.05) is 38.1 Å². The lowest BCUT2D eigenvalue weighted by Crippen LogP contribution is -2.24. The van der Waals surface area contributed by atoms with Crippen molar-refractivity contribution in [1.29, 1.82) is 0 Å². The molecule has 0 aromatic heterocycles. The first-order chi connectivity index (χ1) is 12.4. The molecule has 2 rings (SSSR count). The molecule has 0 bridgehead atoms. The molecule has 136 valence electrons. The summed E-state index contributed by atoms with van der Waals surface area (Å²) in [5, 5.41) is 5.41. The Morgan fingerprint density at radius 2 is 1.73 bits per heavy atom. The van der Waals surface area contributed by atoms with Crippen LogP contribution in [0.2, 0.25) is 0 Å². The fraction of sp³-hybridized carbons (Fsp3) is 0.250. The van der Waals surface area contributed by atoms with E-state index in [1.807, 2.05) is 25.1 Å². The fourth-order valence-corrected chi connectivity index (χ4v) is 2.20. The molecule has 0 saturated carbocycles. The van der Waals surface area contributed by atoms with Crippen LogP contribution in [0.4, 0.5) is 11.4 Å². The molecule has 0 heterocycles. The molecule has 2 aromatic rings. The molecule has 6 nitrogen and oxygen atoms in total. The van der Waals surface area contributed by atoms with Crippen LogP contribution in [-0.2, 0) is 14.3 Å².